The molecule has 214 valence electrons. The fourth-order valence-corrected chi connectivity index (χ4v) is 4.05. The zero-order valence-electron chi connectivity index (χ0n) is 21.7. The Morgan fingerprint density at radius 3 is 2.33 bits per heavy atom. The predicted octanol–water partition coefficient (Wildman–Crippen LogP) is 3.58. The van der Waals surface area contributed by atoms with Gasteiger partial charge in [-0.25, -0.2) is 9.18 Å². The lowest BCUT2D eigenvalue weighted by atomic mass is 9.98. The number of nitrogens with two attached hydrogens (primary N) is 1. The van der Waals surface area contributed by atoms with Crippen molar-refractivity contribution < 1.29 is 37.0 Å². The van der Waals surface area contributed by atoms with Crippen LogP contribution in [0.25, 0.3) is 0 Å². The van der Waals surface area contributed by atoms with Crippen LogP contribution < -0.4 is 16.6 Å². The van der Waals surface area contributed by atoms with Gasteiger partial charge in [-0.3, -0.25) is 9.59 Å². The van der Waals surface area contributed by atoms with Crippen LogP contribution in [0.3, 0.4) is 0 Å². The monoisotopic (exact) mass is 563 g/mol. The minimum absolute atomic E-state index is 0.0358. The Bertz CT molecular complexity index is 1410. The molecule has 1 amide bonds. The highest BCUT2D eigenvalue weighted by atomic mass is 19.4. The van der Waals surface area contributed by atoms with E-state index in [1.807, 2.05) is 0 Å². The number of esters is 1. The Morgan fingerprint density at radius 1 is 1.07 bits per heavy atom. The van der Waals surface area contributed by atoms with Gasteiger partial charge in [0, 0.05) is 12.6 Å². The second-order valence-electron chi connectivity index (χ2n) is 9.57. The summed E-state index contributed by atoms with van der Waals surface area (Å²) in [6, 6.07) is 12.4. The first-order valence-corrected chi connectivity index (χ1v) is 12.3. The Hall–Kier alpha value is -4.19. The molecule has 12 heteroatoms. The summed E-state index contributed by atoms with van der Waals surface area (Å²) in [4.78, 5) is 39.0. The molecule has 0 saturated heterocycles. The van der Waals surface area contributed by atoms with Gasteiger partial charge in [0.05, 0.1) is 11.7 Å². The van der Waals surface area contributed by atoms with Crippen molar-refractivity contribution in [3.63, 3.8) is 0 Å². The van der Waals surface area contributed by atoms with E-state index >= 15 is 0 Å². The van der Waals surface area contributed by atoms with Crippen LogP contribution in [0.15, 0.2) is 65.6 Å². The minimum Gasteiger partial charge on any atom is -0.457 e. The number of nitrogens with zero attached hydrogens (tertiary/aromatic N) is 1. The summed E-state index contributed by atoms with van der Waals surface area (Å²) in [6.45, 7) is 1.79. The molecule has 1 aromatic heterocycles. The number of nitrogen functional groups attached to an aromatic ring is 1. The molecule has 0 radical (unpaired) electrons. The molecule has 0 bridgehead atoms. The van der Waals surface area contributed by atoms with Crippen LogP contribution in [0.2, 0.25) is 0 Å². The number of aliphatic hydroxyl groups excluding tert-OH is 1. The van der Waals surface area contributed by atoms with E-state index in [4.69, 9.17) is 10.5 Å². The van der Waals surface area contributed by atoms with Gasteiger partial charge in [0.25, 0.3) is 5.56 Å². The number of amides is 1. The molecule has 2 unspecified atom stereocenters. The van der Waals surface area contributed by atoms with Crippen LogP contribution in [0, 0.1) is 11.7 Å². The van der Waals surface area contributed by atoms with Crippen LogP contribution in [-0.2, 0) is 29.1 Å². The number of alkyl halides is 3. The van der Waals surface area contributed by atoms with E-state index < -0.39 is 59.6 Å². The predicted molar refractivity (Wildman–Crippen MR) is 139 cm³/mol. The van der Waals surface area contributed by atoms with Gasteiger partial charge in [-0.1, -0.05) is 56.3 Å². The van der Waals surface area contributed by atoms with Crippen molar-refractivity contribution in [1.29, 1.82) is 0 Å². The topological polar surface area (TPSA) is 124 Å². The number of carbonyl (C=O) groups excluding carboxylic acids is 2. The zero-order valence-corrected chi connectivity index (χ0v) is 21.7. The second kappa shape index (κ2) is 12.8. The molecule has 2 atom stereocenters. The van der Waals surface area contributed by atoms with E-state index in [9.17, 15) is 37.1 Å². The molecule has 0 fully saturated rings. The number of benzene rings is 2. The number of hydrogen-bond donors (Lipinski definition) is 3. The molecule has 8 nitrogen and oxygen atoms in total. The summed E-state index contributed by atoms with van der Waals surface area (Å²) in [5, 5.41) is 11.8. The maximum Gasteiger partial charge on any atom is 0.416 e. The van der Waals surface area contributed by atoms with Crippen molar-refractivity contribution >= 4 is 17.6 Å². The van der Waals surface area contributed by atoms with E-state index in [1.165, 1.54) is 38.2 Å². The van der Waals surface area contributed by atoms with Crippen LogP contribution >= 0.6 is 0 Å². The largest absolute Gasteiger partial charge is 0.457 e. The van der Waals surface area contributed by atoms with E-state index in [2.05, 4.69) is 5.32 Å². The molecule has 0 saturated carbocycles. The Balaban J connectivity index is 1.97. The summed E-state index contributed by atoms with van der Waals surface area (Å²) >= 11 is 0. The highest BCUT2D eigenvalue weighted by molar-refractivity contribution is 5.95. The summed E-state index contributed by atoms with van der Waals surface area (Å²) < 4.78 is 59.2. The standard InChI is InChI=1S/C28H29F4N3O5/c1-16(2)24(25(37)28(30,31)32)34-21(36)14-35-13-19(11-18-9-6-10-20(29)12-18)23(33)22(26(35)38)27(39)40-15-17-7-4-3-5-8-17/h3-10,12-13,16,24-25,37H,11,14-15,33H2,1-2H3,(H,34,36). The average Bonchev–Trinajstić information content (AvgIpc) is 2.88. The molecule has 4 N–H and O–H groups in total. The van der Waals surface area contributed by atoms with Gasteiger partial charge in [0.1, 0.15) is 24.5 Å². The maximum absolute atomic E-state index is 13.8. The average molecular weight is 564 g/mol. The molecular weight excluding hydrogens is 534 g/mol. The number of aliphatic hydroxyl groups is 1. The maximum atomic E-state index is 13.8. The molecule has 40 heavy (non-hydrogen) atoms. The highest BCUT2D eigenvalue weighted by Crippen LogP contribution is 2.25. The molecule has 2 aromatic carbocycles. The number of carbonyl (C=O) groups is 2. The third-order valence-corrected chi connectivity index (χ3v) is 6.14. The van der Waals surface area contributed by atoms with Crippen LogP contribution in [0.4, 0.5) is 23.2 Å². The normalized spacial score (nSPS) is 13.1. The van der Waals surface area contributed by atoms with Crippen molar-refractivity contribution in [3.8, 4) is 0 Å². The van der Waals surface area contributed by atoms with Gasteiger partial charge in [-0.15, -0.1) is 0 Å². The number of halogens is 4. The van der Waals surface area contributed by atoms with Crippen molar-refractivity contribution in [1.82, 2.24) is 9.88 Å². The fraction of sp³-hybridized carbons (Fsp3) is 0.321. The number of pyridine rings is 1. The first-order chi connectivity index (χ1) is 18.8. The Kier molecular flexibility index (Phi) is 9.69. The van der Waals surface area contributed by atoms with Crippen molar-refractivity contribution in [3.05, 3.63) is 99.2 Å². The molecule has 0 aliphatic heterocycles. The summed E-state index contributed by atoms with van der Waals surface area (Å²) in [6.07, 6.45) is -6.69. The highest BCUT2D eigenvalue weighted by Gasteiger charge is 2.45. The first-order valence-electron chi connectivity index (χ1n) is 12.3. The van der Waals surface area contributed by atoms with E-state index in [-0.39, 0.29) is 24.3 Å². The number of hydrogen-bond acceptors (Lipinski definition) is 6. The van der Waals surface area contributed by atoms with Crippen molar-refractivity contribution in [2.75, 3.05) is 5.73 Å². The van der Waals surface area contributed by atoms with Crippen molar-refractivity contribution in [2.24, 2.45) is 5.92 Å². The van der Waals surface area contributed by atoms with Crippen LogP contribution in [0.5, 0.6) is 0 Å². The lowest BCUT2D eigenvalue weighted by Crippen LogP contribution is -2.53. The molecule has 3 rings (SSSR count). The molecule has 0 aliphatic rings. The fourth-order valence-electron chi connectivity index (χ4n) is 4.05. The van der Waals surface area contributed by atoms with E-state index in [1.54, 1.807) is 36.4 Å². The number of ether oxygens (including phenoxy) is 1. The summed E-state index contributed by atoms with van der Waals surface area (Å²) in [5.41, 5.74) is 5.61. The summed E-state index contributed by atoms with van der Waals surface area (Å²) in [5.74, 6) is -3.44. The Morgan fingerprint density at radius 2 is 1.73 bits per heavy atom. The SMILES string of the molecule is CC(C)C(NC(=O)Cn1cc(Cc2cccc(F)c2)c(N)c(C(=O)OCc2ccccc2)c1=O)C(O)C(F)(F)F. The number of nitrogens with one attached hydrogen (secondary N) is 1. The van der Waals surface area contributed by atoms with E-state index in [0.29, 0.717) is 11.1 Å². The van der Waals surface area contributed by atoms with E-state index in [0.717, 1.165) is 4.57 Å². The number of anilines is 1. The second-order valence-corrected chi connectivity index (χ2v) is 9.57. The zero-order chi connectivity index (χ0) is 29.6. The number of rotatable bonds is 10. The third-order valence-electron chi connectivity index (χ3n) is 6.14. The molecule has 0 aliphatic carbocycles. The molecule has 3 aromatic rings. The Labute approximate surface area is 227 Å². The molecular formula is C28H29F4N3O5. The molecule has 1 heterocycles. The quantitative estimate of drug-likeness (QED) is 0.256. The smallest absolute Gasteiger partial charge is 0.416 e. The number of aromatic nitrogens is 1. The lowest BCUT2D eigenvalue weighted by molar-refractivity contribution is -0.215. The third kappa shape index (κ3) is 7.69. The summed E-state index contributed by atoms with van der Waals surface area (Å²) in [7, 11) is 0. The minimum atomic E-state index is -4.99. The lowest BCUT2D eigenvalue weighted by Gasteiger charge is -2.29. The van der Waals surface area contributed by atoms with Gasteiger partial charge >= 0.3 is 12.1 Å². The first kappa shape index (κ1) is 30.4. The van der Waals surface area contributed by atoms with Gasteiger partial charge in [-0.05, 0) is 34.7 Å². The van der Waals surface area contributed by atoms with Crippen molar-refractivity contribution in [2.45, 2.75) is 51.7 Å². The molecule has 0 spiro atoms. The van der Waals surface area contributed by atoms with Gasteiger partial charge in [-0.2, -0.15) is 13.2 Å². The van der Waals surface area contributed by atoms with Gasteiger partial charge in [0.15, 0.2) is 6.10 Å². The van der Waals surface area contributed by atoms with Crippen LogP contribution in [0.1, 0.15) is 40.9 Å². The van der Waals surface area contributed by atoms with Crippen LogP contribution in [-0.4, -0.2) is 39.9 Å². The van der Waals surface area contributed by atoms with Gasteiger partial charge < -0.3 is 25.5 Å². The van der Waals surface area contributed by atoms with Gasteiger partial charge in [0.2, 0.25) is 5.91 Å².